The largest absolute Gasteiger partial charge is 0.462 e. The molecular weight excluding hydrogens is 786 g/mol. The van der Waals surface area contributed by atoms with Crippen molar-refractivity contribution in [3.8, 4) is 0 Å². The lowest BCUT2D eigenvalue weighted by molar-refractivity contribution is -0.215. The van der Waals surface area contributed by atoms with E-state index in [9.17, 15) is 14.4 Å². The number of hydrogen-bond donors (Lipinski definition) is 0. The molecule has 0 radical (unpaired) electrons. The van der Waals surface area contributed by atoms with Crippen LogP contribution in [0.2, 0.25) is 5.02 Å². The Morgan fingerprint density at radius 1 is 0.803 bits per heavy atom. The number of allylic oxidation sites excluding steroid dienone is 2. The van der Waals surface area contributed by atoms with Crippen LogP contribution >= 0.6 is 11.6 Å². The second kappa shape index (κ2) is 16.6. The van der Waals surface area contributed by atoms with Crippen molar-refractivity contribution >= 4 is 35.4 Å². The third-order valence-corrected chi connectivity index (χ3v) is 17.1. The molecule has 0 N–H and O–H groups in total. The van der Waals surface area contributed by atoms with E-state index in [-0.39, 0.29) is 65.5 Å². The minimum Gasteiger partial charge on any atom is -0.462 e. The van der Waals surface area contributed by atoms with Crippen molar-refractivity contribution in [1.29, 1.82) is 0 Å². The van der Waals surface area contributed by atoms with Gasteiger partial charge in [-0.15, -0.1) is 0 Å². The van der Waals surface area contributed by atoms with E-state index >= 15 is 4.79 Å². The maximum atomic E-state index is 15.2. The summed E-state index contributed by atoms with van der Waals surface area (Å²) in [6, 6.07) is 7.47. The van der Waals surface area contributed by atoms with Gasteiger partial charge in [0, 0.05) is 11.6 Å². The molecule has 5 aliphatic carbocycles. The summed E-state index contributed by atoms with van der Waals surface area (Å²) in [5.74, 6) is 1.25. The van der Waals surface area contributed by atoms with Gasteiger partial charge < -0.3 is 14.2 Å². The number of ketones is 1. The van der Waals surface area contributed by atoms with E-state index in [1.54, 1.807) is 18.7 Å². The van der Waals surface area contributed by atoms with Gasteiger partial charge in [-0.3, -0.25) is 19.3 Å². The molecule has 1 aromatic carbocycles. The van der Waals surface area contributed by atoms with Crippen LogP contribution in [0.5, 0.6) is 0 Å². The molecule has 61 heavy (non-hydrogen) atoms. The number of rotatable bonds is 10. The number of carbonyl (C=O) groups excluding carboxylic acids is 4. The first kappa shape index (κ1) is 47.6. The molecular formula is C52H78ClNO7. The van der Waals surface area contributed by atoms with E-state index in [0.717, 1.165) is 69.8 Å². The zero-order chi connectivity index (χ0) is 45.3. The van der Waals surface area contributed by atoms with E-state index in [1.165, 1.54) is 11.1 Å². The highest BCUT2D eigenvalue weighted by Gasteiger charge is 2.69. The smallest absolute Gasteiger partial charge is 0.410 e. The van der Waals surface area contributed by atoms with Crippen molar-refractivity contribution < 1.29 is 33.4 Å². The maximum Gasteiger partial charge on any atom is 0.410 e. The minimum absolute atomic E-state index is 0.00684. The molecule has 9 atom stereocenters. The van der Waals surface area contributed by atoms with Gasteiger partial charge in [0.05, 0.1) is 23.8 Å². The Balaban J connectivity index is 1.23. The molecule has 9 heteroatoms. The predicted octanol–water partition coefficient (Wildman–Crippen LogP) is 12.7. The SMILES string of the molecule is CC(C)C1=C2C3CCC4C5(C)CCC(OC(=O)CC(C)(C)C(=O)OC(C)(C)C)C(C)C5CCC4(C)C3(C)CCC2(C(=O)CN(Cc2ccc(Cl)cc2)C(=O)OC(C)(C)C)CC1. The van der Waals surface area contributed by atoms with Crippen molar-refractivity contribution in [1.82, 2.24) is 4.90 Å². The number of halogens is 1. The first-order chi connectivity index (χ1) is 28.1. The lowest BCUT2D eigenvalue weighted by Gasteiger charge is -2.71. The normalized spacial score (nSPS) is 33.8. The number of ether oxygens (including phenoxy) is 3. The summed E-state index contributed by atoms with van der Waals surface area (Å²) < 4.78 is 17.8. The summed E-state index contributed by atoms with van der Waals surface area (Å²) in [6.45, 7) is 29.5. The number of carbonyl (C=O) groups is 4. The van der Waals surface area contributed by atoms with Crippen LogP contribution in [-0.4, -0.2) is 52.6 Å². The Hall–Kier alpha value is -2.87. The number of fused-ring (bicyclic) bond motifs is 7. The fourth-order valence-corrected chi connectivity index (χ4v) is 13.7. The fourth-order valence-electron chi connectivity index (χ4n) is 13.6. The maximum absolute atomic E-state index is 15.2. The first-order valence-corrected chi connectivity index (χ1v) is 23.9. The van der Waals surface area contributed by atoms with Crippen molar-refractivity contribution in [3.63, 3.8) is 0 Å². The van der Waals surface area contributed by atoms with Crippen LogP contribution in [0.4, 0.5) is 4.79 Å². The summed E-state index contributed by atoms with van der Waals surface area (Å²) >= 11 is 6.22. The van der Waals surface area contributed by atoms with Crippen molar-refractivity contribution in [2.45, 2.75) is 191 Å². The fraction of sp³-hybridized carbons (Fsp3) is 0.769. The van der Waals surface area contributed by atoms with Gasteiger partial charge in [0.25, 0.3) is 0 Å². The molecule has 0 spiro atoms. The van der Waals surface area contributed by atoms with Crippen molar-refractivity contribution in [3.05, 3.63) is 46.0 Å². The summed E-state index contributed by atoms with van der Waals surface area (Å²) in [5.41, 5.74) is 1.11. The van der Waals surface area contributed by atoms with Crippen LogP contribution in [0.15, 0.2) is 35.4 Å². The van der Waals surface area contributed by atoms with E-state index in [1.807, 2.05) is 65.8 Å². The van der Waals surface area contributed by atoms with Gasteiger partial charge in [0.15, 0.2) is 5.78 Å². The number of Topliss-reactive ketones (excluding diaryl/α,β-unsaturated/α-hetero) is 1. The van der Waals surface area contributed by atoms with Gasteiger partial charge in [0.2, 0.25) is 0 Å². The number of hydrogen-bond acceptors (Lipinski definition) is 7. The molecule has 1 aromatic rings. The van der Waals surface area contributed by atoms with Gasteiger partial charge >= 0.3 is 18.0 Å². The van der Waals surface area contributed by atoms with Crippen LogP contribution in [0.1, 0.15) is 173 Å². The summed E-state index contributed by atoms with van der Waals surface area (Å²) in [5, 5.41) is 0.626. The van der Waals surface area contributed by atoms with Crippen LogP contribution in [-0.2, 0) is 35.1 Å². The standard InChI is InChI=1S/C52H78ClNO7/c1-32(2)36-21-26-52(41(55)31-54(45(58)61-47(7,8)9)30-34-15-17-35(53)18-16-34)28-27-50(13)38(43(36)52)19-20-40-49(12)24-23-39(33(3)37(49)22-25-51(40,50)14)59-42(56)29-48(10,11)44(57)60-46(4,5)6/h15-18,32-33,37-40H,19-31H2,1-14H3. The van der Waals surface area contributed by atoms with E-state index in [0.29, 0.717) is 28.7 Å². The molecule has 340 valence electrons. The number of amides is 1. The molecule has 0 aliphatic heterocycles. The summed E-state index contributed by atoms with van der Waals surface area (Å²) in [4.78, 5) is 57.1. The molecule has 9 unspecified atom stereocenters. The average Bonchev–Trinajstić information content (AvgIpc) is 3.54. The highest BCUT2D eigenvalue weighted by Crippen LogP contribution is 2.76. The van der Waals surface area contributed by atoms with Crippen LogP contribution in [0.25, 0.3) is 0 Å². The summed E-state index contributed by atoms with van der Waals surface area (Å²) in [7, 11) is 0. The van der Waals surface area contributed by atoms with Gasteiger partial charge in [-0.1, -0.05) is 76.4 Å². The number of nitrogens with zero attached hydrogens (tertiary/aromatic N) is 1. The van der Waals surface area contributed by atoms with E-state index < -0.39 is 28.1 Å². The second-order valence-electron chi connectivity index (χ2n) is 23.7. The topological polar surface area (TPSA) is 99.2 Å². The van der Waals surface area contributed by atoms with E-state index in [4.69, 9.17) is 25.8 Å². The third-order valence-electron chi connectivity index (χ3n) is 16.8. The van der Waals surface area contributed by atoms with Gasteiger partial charge in [-0.05, 0) is 183 Å². The highest BCUT2D eigenvalue weighted by molar-refractivity contribution is 6.30. The molecule has 4 saturated carbocycles. The Kier molecular flexibility index (Phi) is 13.0. The number of esters is 2. The molecule has 0 saturated heterocycles. The van der Waals surface area contributed by atoms with Crippen LogP contribution < -0.4 is 0 Å². The molecule has 0 heterocycles. The molecule has 4 fully saturated rings. The van der Waals surface area contributed by atoms with Gasteiger partial charge in [-0.25, -0.2) is 4.79 Å². The highest BCUT2D eigenvalue weighted by atomic mass is 35.5. The Bertz CT molecular complexity index is 1890. The lowest BCUT2D eigenvalue weighted by Crippen LogP contribution is -2.64. The summed E-state index contributed by atoms with van der Waals surface area (Å²) in [6.07, 6.45) is 9.10. The van der Waals surface area contributed by atoms with Crippen molar-refractivity contribution in [2.75, 3.05) is 6.54 Å². The average molecular weight is 865 g/mol. The minimum atomic E-state index is -0.973. The first-order valence-electron chi connectivity index (χ1n) is 23.5. The second-order valence-corrected chi connectivity index (χ2v) is 24.2. The molecule has 0 aromatic heterocycles. The Morgan fingerprint density at radius 2 is 1.44 bits per heavy atom. The molecule has 5 aliphatic rings. The van der Waals surface area contributed by atoms with Gasteiger partial charge in [0.1, 0.15) is 17.3 Å². The quantitative estimate of drug-likeness (QED) is 0.131. The molecule has 0 bridgehead atoms. The zero-order valence-corrected chi connectivity index (χ0v) is 40.9. The van der Waals surface area contributed by atoms with Crippen LogP contribution in [0.3, 0.4) is 0 Å². The molecule has 6 rings (SSSR count). The monoisotopic (exact) mass is 864 g/mol. The lowest BCUT2D eigenvalue weighted by atomic mass is 9.34. The third kappa shape index (κ3) is 8.97. The Morgan fingerprint density at radius 3 is 2.05 bits per heavy atom. The van der Waals surface area contributed by atoms with E-state index in [2.05, 4.69) is 41.5 Å². The Labute approximate surface area is 373 Å². The van der Waals surface area contributed by atoms with Crippen molar-refractivity contribution in [2.24, 2.45) is 56.7 Å². The molecule has 8 nitrogen and oxygen atoms in total. The zero-order valence-electron chi connectivity index (χ0n) is 40.1. The molecule has 1 amide bonds. The van der Waals surface area contributed by atoms with Crippen LogP contribution in [0, 0.1) is 56.7 Å². The number of benzene rings is 1. The predicted molar refractivity (Wildman–Crippen MR) is 242 cm³/mol. The van der Waals surface area contributed by atoms with Gasteiger partial charge in [-0.2, -0.15) is 0 Å².